The number of piperidine rings is 1. The smallest absolute Gasteiger partial charge is 0.364 e. The van der Waals surface area contributed by atoms with Crippen molar-refractivity contribution in [2.24, 2.45) is 0 Å². The lowest BCUT2D eigenvalue weighted by molar-refractivity contribution is -0.291. The van der Waals surface area contributed by atoms with E-state index in [2.05, 4.69) is 0 Å². The molecule has 2 aromatic rings. The van der Waals surface area contributed by atoms with Gasteiger partial charge < -0.3 is 28.5 Å². The Morgan fingerprint density at radius 3 is 2.37 bits per heavy atom. The Labute approximate surface area is 221 Å². The van der Waals surface area contributed by atoms with E-state index in [9.17, 15) is 19.3 Å². The van der Waals surface area contributed by atoms with Crippen LogP contribution in [0, 0.1) is 0 Å². The fraction of sp³-hybridized carbons (Fsp3) is 0.481. The molecule has 11 heteroatoms. The van der Waals surface area contributed by atoms with Gasteiger partial charge in [0, 0.05) is 6.42 Å². The number of β-lactam (4-membered cyclic amide) rings is 1. The number of rotatable bonds is 10. The van der Waals surface area contributed by atoms with Gasteiger partial charge in [0.05, 0.1) is 31.9 Å². The molecule has 0 radical (unpaired) electrons. The summed E-state index contributed by atoms with van der Waals surface area (Å²) < 4.78 is 36.4. The highest BCUT2D eigenvalue weighted by atomic mass is 31.2. The quantitative estimate of drug-likeness (QED) is 0.273. The second-order valence-electron chi connectivity index (χ2n) is 9.53. The van der Waals surface area contributed by atoms with E-state index in [1.165, 1.54) is 4.90 Å². The van der Waals surface area contributed by atoms with E-state index in [1.807, 2.05) is 48.5 Å². The van der Waals surface area contributed by atoms with Crippen LogP contribution in [0.4, 0.5) is 0 Å². The summed E-state index contributed by atoms with van der Waals surface area (Å²) >= 11 is 0. The van der Waals surface area contributed by atoms with Gasteiger partial charge in [-0.1, -0.05) is 60.7 Å². The summed E-state index contributed by atoms with van der Waals surface area (Å²) in [6.45, 7) is 3.49. The fourth-order valence-corrected chi connectivity index (χ4v) is 7.68. The Hall–Kier alpha value is -2.59. The third-order valence-electron chi connectivity index (χ3n) is 7.31. The van der Waals surface area contributed by atoms with Gasteiger partial charge in [0.15, 0.2) is 0 Å². The first-order valence-corrected chi connectivity index (χ1v) is 14.6. The number of carbonyl (C=O) groups is 2. The lowest BCUT2D eigenvalue weighted by Gasteiger charge is -2.59. The van der Waals surface area contributed by atoms with Crippen LogP contribution in [0.2, 0.25) is 0 Å². The summed E-state index contributed by atoms with van der Waals surface area (Å²) in [6.07, 6.45) is 0.548. The number of amides is 1. The number of esters is 1. The lowest BCUT2D eigenvalue weighted by atomic mass is 9.82. The van der Waals surface area contributed by atoms with Crippen molar-refractivity contribution in [2.75, 3.05) is 19.8 Å². The topological polar surface area (TPSA) is 115 Å². The molecule has 3 saturated heterocycles. The van der Waals surface area contributed by atoms with Crippen LogP contribution in [-0.4, -0.2) is 70.4 Å². The molecule has 0 saturated carbocycles. The Morgan fingerprint density at radius 1 is 1.11 bits per heavy atom. The number of fused-ring (bicyclic) bond motifs is 3. The maximum atomic E-state index is 14.0. The molecule has 0 spiro atoms. The predicted octanol–water partition coefficient (Wildman–Crippen LogP) is 3.41. The Bertz CT molecular complexity index is 1190. The molecule has 204 valence electrons. The van der Waals surface area contributed by atoms with Crippen LogP contribution in [0.1, 0.15) is 43.9 Å². The van der Waals surface area contributed by atoms with Crippen molar-refractivity contribution in [3.05, 3.63) is 71.8 Å². The number of likely N-dealkylation sites (tertiary alicyclic amines) is 1. The average molecular weight is 545 g/mol. The second-order valence-corrected chi connectivity index (χ2v) is 11.6. The number of aliphatic hydroxyl groups is 1. The number of hydrogen-bond donors (Lipinski definition) is 1. The molecule has 5 atom stereocenters. The van der Waals surface area contributed by atoms with Gasteiger partial charge in [-0.25, -0.2) is 9.69 Å². The number of nitrogens with zero attached hydrogens (tertiary/aromatic N) is 2. The fourth-order valence-electron chi connectivity index (χ4n) is 5.68. The zero-order valence-electron chi connectivity index (χ0n) is 21.5. The molecule has 3 fully saturated rings. The first-order chi connectivity index (χ1) is 18.3. The maximum Gasteiger partial charge on any atom is 0.364 e. The molecular weight excluding hydrogens is 511 g/mol. The van der Waals surface area contributed by atoms with Crippen molar-refractivity contribution in [3.8, 4) is 0 Å². The number of ether oxygens (including phenoxy) is 2. The average Bonchev–Trinajstić information content (AvgIpc) is 3.27. The van der Waals surface area contributed by atoms with Crippen LogP contribution in [0.15, 0.2) is 60.7 Å². The molecule has 0 aromatic heterocycles. The van der Waals surface area contributed by atoms with Gasteiger partial charge in [-0.2, -0.15) is 0 Å². The van der Waals surface area contributed by atoms with Crippen molar-refractivity contribution < 1.29 is 37.8 Å². The van der Waals surface area contributed by atoms with Gasteiger partial charge in [0.1, 0.15) is 12.6 Å². The number of benzene rings is 2. The van der Waals surface area contributed by atoms with E-state index >= 15 is 0 Å². The third kappa shape index (κ3) is 4.70. The first kappa shape index (κ1) is 27.0. The standard InChI is InChI=1S/C27H33N2O8P/c1-3-36-38(33,37-4-2)25(26(31)34-17-19-11-7-5-8-12-19)28-21-15-16-27(32)29(23(21)24(28)30)22(18-35-27)20-13-9-6-10-14-20/h5-14,21-23,25,32H,3-4,15-18H2,1-2H3/t21-,22-,23+,25+,27?/m1/s1. The Balaban J connectivity index is 1.45. The van der Waals surface area contributed by atoms with E-state index in [4.69, 9.17) is 18.5 Å². The molecule has 38 heavy (non-hydrogen) atoms. The van der Waals surface area contributed by atoms with E-state index in [-0.39, 0.29) is 38.9 Å². The molecule has 1 unspecified atom stereocenters. The molecule has 1 amide bonds. The van der Waals surface area contributed by atoms with Crippen molar-refractivity contribution in [1.82, 2.24) is 9.80 Å². The molecule has 3 aliphatic rings. The van der Waals surface area contributed by atoms with Crippen LogP contribution in [-0.2, 0) is 39.3 Å². The van der Waals surface area contributed by atoms with Crippen molar-refractivity contribution in [1.29, 1.82) is 0 Å². The van der Waals surface area contributed by atoms with Crippen molar-refractivity contribution in [3.63, 3.8) is 0 Å². The van der Waals surface area contributed by atoms with Crippen LogP contribution >= 0.6 is 7.60 Å². The highest BCUT2D eigenvalue weighted by Gasteiger charge is 2.68. The SMILES string of the molecule is CCOP(=O)(OCC)[C@@H](C(=O)OCc1ccccc1)N1C(=O)[C@@H]2[C@H]1CCC1(O)OC[C@H](c3ccccc3)N21. The highest BCUT2D eigenvalue weighted by molar-refractivity contribution is 7.55. The minimum atomic E-state index is -4.13. The van der Waals surface area contributed by atoms with Crippen LogP contribution in [0.5, 0.6) is 0 Å². The van der Waals surface area contributed by atoms with Gasteiger partial charge in [0.2, 0.25) is 17.6 Å². The molecular formula is C27H33N2O8P. The molecule has 3 aliphatic heterocycles. The largest absolute Gasteiger partial charge is 0.459 e. The molecule has 5 rings (SSSR count). The molecule has 1 N–H and O–H groups in total. The van der Waals surface area contributed by atoms with Crippen LogP contribution < -0.4 is 0 Å². The molecule has 3 heterocycles. The summed E-state index contributed by atoms with van der Waals surface area (Å²) in [5.41, 5.74) is 1.65. The normalized spacial score (nSPS) is 27.8. The van der Waals surface area contributed by atoms with Crippen molar-refractivity contribution >= 4 is 19.5 Å². The van der Waals surface area contributed by atoms with E-state index in [1.54, 1.807) is 30.9 Å². The molecule has 2 aromatic carbocycles. The van der Waals surface area contributed by atoms with Crippen LogP contribution in [0.3, 0.4) is 0 Å². The Morgan fingerprint density at radius 2 is 1.74 bits per heavy atom. The molecule has 0 aliphatic carbocycles. The van der Waals surface area contributed by atoms with Crippen molar-refractivity contribution in [2.45, 2.75) is 63.1 Å². The monoisotopic (exact) mass is 544 g/mol. The summed E-state index contributed by atoms with van der Waals surface area (Å²) in [6, 6.07) is 17.0. The Kier molecular flexibility index (Phi) is 7.73. The van der Waals surface area contributed by atoms with Gasteiger partial charge in [-0.3, -0.25) is 9.36 Å². The maximum absolute atomic E-state index is 14.0. The summed E-state index contributed by atoms with van der Waals surface area (Å²) in [5.74, 6) is -4.48. The van der Waals surface area contributed by atoms with Gasteiger partial charge >= 0.3 is 13.6 Å². The molecule has 10 nitrogen and oxygen atoms in total. The van der Waals surface area contributed by atoms with Gasteiger partial charge in [0.25, 0.3) is 0 Å². The zero-order valence-corrected chi connectivity index (χ0v) is 22.4. The summed E-state index contributed by atoms with van der Waals surface area (Å²) in [4.78, 5) is 30.3. The first-order valence-electron chi connectivity index (χ1n) is 12.9. The summed E-state index contributed by atoms with van der Waals surface area (Å²) in [5, 5.41) is 11.3. The predicted molar refractivity (Wildman–Crippen MR) is 136 cm³/mol. The van der Waals surface area contributed by atoms with Gasteiger partial charge in [-0.15, -0.1) is 0 Å². The second kappa shape index (κ2) is 10.9. The lowest BCUT2D eigenvalue weighted by Crippen LogP contribution is -2.78. The molecule has 0 bridgehead atoms. The number of hydrogen-bond acceptors (Lipinski definition) is 9. The van der Waals surface area contributed by atoms with E-state index in [0.29, 0.717) is 6.42 Å². The third-order valence-corrected chi connectivity index (χ3v) is 9.60. The van der Waals surface area contributed by atoms with E-state index in [0.717, 1.165) is 11.1 Å². The minimum Gasteiger partial charge on any atom is -0.459 e. The zero-order chi connectivity index (χ0) is 26.9. The highest BCUT2D eigenvalue weighted by Crippen LogP contribution is 2.59. The number of carbonyl (C=O) groups excluding carboxylic acids is 2. The van der Waals surface area contributed by atoms with E-state index < -0.39 is 43.2 Å². The van der Waals surface area contributed by atoms with Crippen LogP contribution in [0.25, 0.3) is 0 Å². The summed E-state index contributed by atoms with van der Waals surface area (Å²) in [7, 11) is -4.13. The van der Waals surface area contributed by atoms with Gasteiger partial charge in [-0.05, 0) is 31.4 Å². The minimum absolute atomic E-state index is 0.0195.